The van der Waals surface area contributed by atoms with E-state index in [0.717, 1.165) is 24.9 Å². The minimum absolute atomic E-state index is 0.166. The Balaban J connectivity index is 1.51. The van der Waals surface area contributed by atoms with Crippen molar-refractivity contribution >= 4 is 41.2 Å². The van der Waals surface area contributed by atoms with Crippen molar-refractivity contribution in [2.75, 3.05) is 18.5 Å². The van der Waals surface area contributed by atoms with Crippen LogP contribution in [-0.2, 0) is 33.1 Å². The summed E-state index contributed by atoms with van der Waals surface area (Å²) >= 11 is 1.24. The third-order valence-electron chi connectivity index (χ3n) is 8.79. The molecule has 1 aromatic carbocycles. The molecule has 208 valence electrons. The van der Waals surface area contributed by atoms with Crippen molar-refractivity contribution in [3.8, 4) is 0 Å². The number of rotatable bonds is 7. The van der Waals surface area contributed by atoms with Gasteiger partial charge in [-0.25, -0.2) is 13.7 Å². The average molecular weight is 576 g/mol. The highest BCUT2D eigenvalue weighted by Gasteiger charge is 2.42. The molecule has 2 fully saturated rings. The van der Waals surface area contributed by atoms with Gasteiger partial charge in [-0.15, -0.1) is 11.3 Å². The molecule has 0 spiro atoms. The lowest BCUT2D eigenvalue weighted by molar-refractivity contribution is -0.182. The average Bonchev–Trinajstić information content (AvgIpc) is 3.31. The maximum absolute atomic E-state index is 14.7. The molecular weight excluding hydrogens is 535 g/mol. The molecule has 3 aliphatic rings. The molecule has 3 N–H and O–H groups in total. The third-order valence-corrected chi connectivity index (χ3v) is 18.5. The molecule has 2 heterocycles. The number of aliphatic hydroxyl groups is 1. The van der Waals surface area contributed by atoms with Gasteiger partial charge < -0.3 is 15.2 Å². The first kappa shape index (κ1) is 27.8. The van der Waals surface area contributed by atoms with Gasteiger partial charge in [0, 0.05) is 10.6 Å². The highest BCUT2D eigenvalue weighted by Crippen LogP contribution is 2.46. The van der Waals surface area contributed by atoms with Gasteiger partial charge in [-0.2, -0.15) is 0 Å². The number of carbonyl (C=O) groups is 1. The van der Waals surface area contributed by atoms with Crippen LogP contribution in [0.25, 0.3) is 0 Å². The lowest BCUT2D eigenvalue weighted by Crippen LogP contribution is -2.45. The van der Waals surface area contributed by atoms with Crippen LogP contribution < -0.4 is 10.0 Å². The number of benzene rings is 1. The van der Waals surface area contributed by atoms with Crippen LogP contribution in [0.3, 0.4) is 0 Å². The number of hydrogen-bond acceptors (Lipinski definition) is 6. The number of carbonyl (C=O) groups excluding carboxylic acids is 1. The molecule has 2 amide bonds. The summed E-state index contributed by atoms with van der Waals surface area (Å²) < 4.78 is 28.1. The smallest absolute Gasteiger partial charge is 0.331 e. The second-order valence-corrected chi connectivity index (χ2v) is 21.2. The fraction of sp³-hybridized carbons (Fsp3) is 0.607. The van der Waals surface area contributed by atoms with Crippen molar-refractivity contribution in [1.29, 1.82) is 0 Å². The number of ether oxygens (including phenoxy) is 1. The van der Waals surface area contributed by atoms with Gasteiger partial charge >= 0.3 is 6.03 Å². The van der Waals surface area contributed by atoms with Crippen LogP contribution >= 0.6 is 11.3 Å². The second kappa shape index (κ2) is 9.73. The minimum atomic E-state index is -3.31. The monoisotopic (exact) mass is 575 g/mol. The Bertz CT molecular complexity index is 1360. The molecule has 1 aromatic heterocycles. The molecule has 0 bridgehead atoms. The van der Waals surface area contributed by atoms with Crippen molar-refractivity contribution in [2.45, 2.75) is 93.7 Å². The van der Waals surface area contributed by atoms with Gasteiger partial charge in [0.25, 0.3) is 0 Å². The summed E-state index contributed by atoms with van der Waals surface area (Å²) in [5, 5.41) is 13.8. The number of nitrogens with one attached hydrogen (secondary N) is 2. The fourth-order valence-corrected chi connectivity index (χ4v) is 11.9. The Morgan fingerprint density at radius 3 is 2.53 bits per heavy atom. The van der Waals surface area contributed by atoms with Crippen LogP contribution in [0.2, 0.25) is 18.1 Å². The number of nitrogens with zero attached hydrogens (tertiary/aromatic N) is 1. The first-order valence-corrected chi connectivity index (χ1v) is 18.9. The predicted molar refractivity (Wildman–Crippen MR) is 157 cm³/mol. The zero-order valence-corrected chi connectivity index (χ0v) is 26.0. The van der Waals surface area contributed by atoms with Crippen molar-refractivity contribution in [3.63, 3.8) is 0 Å². The van der Waals surface area contributed by atoms with Crippen molar-refractivity contribution in [1.82, 2.24) is 4.72 Å². The molecule has 1 aliphatic heterocycles. The minimum Gasteiger partial charge on any atom is -0.379 e. The van der Waals surface area contributed by atoms with Gasteiger partial charge in [0.2, 0.25) is 0 Å². The predicted octanol–water partition coefficient (Wildman–Crippen LogP) is 6.54. The van der Waals surface area contributed by atoms with Gasteiger partial charge in [0.15, 0.2) is 18.2 Å². The number of amides is 2. The molecule has 38 heavy (non-hydrogen) atoms. The van der Waals surface area contributed by atoms with Crippen LogP contribution in [0.15, 0.2) is 32.5 Å². The summed E-state index contributed by atoms with van der Waals surface area (Å²) in [4.78, 5) is 14.3. The maximum Gasteiger partial charge on any atom is 0.331 e. The lowest BCUT2D eigenvalue weighted by Gasteiger charge is -2.35. The van der Waals surface area contributed by atoms with Crippen LogP contribution in [0.5, 0.6) is 0 Å². The van der Waals surface area contributed by atoms with E-state index in [9.17, 15) is 14.1 Å². The van der Waals surface area contributed by atoms with E-state index in [1.54, 1.807) is 12.1 Å². The zero-order valence-electron chi connectivity index (χ0n) is 23.3. The number of aryl methyl sites for hydroxylation is 1. The van der Waals surface area contributed by atoms with E-state index in [2.05, 4.69) is 63.0 Å². The molecule has 10 heteroatoms. The quantitative estimate of drug-likeness (QED) is 0.327. The molecule has 7 nitrogen and oxygen atoms in total. The highest BCUT2D eigenvalue weighted by molar-refractivity contribution is 7.95. The summed E-state index contributed by atoms with van der Waals surface area (Å²) in [7, 11) is -5.75. The number of urea groups is 1. The third kappa shape index (κ3) is 5.22. The van der Waals surface area contributed by atoms with Crippen LogP contribution in [0, 0.1) is 5.92 Å². The second-order valence-electron chi connectivity index (χ2n) is 12.8. The Labute approximate surface area is 232 Å². The van der Waals surface area contributed by atoms with Crippen LogP contribution in [0.1, 0.15) is 74.4 Å². The summed E-state index contributed by atoms with van der Waals surface area (Å²) in [6.07, 6.45) is 5.48. The lowest BCUT2D eigenvalue weighted by atomic mass is 9.91. The summed E-state index contributed by atoms with van der Waals surface area (Å²) in [6, 6.07) is 7.41. The van der Waals surface area contributed by atoms with E-state index in [1.165, 1.54) is 40.9 Å². The molecule has 0 radical (unpaired) electrons. The van der Waals surface area contributed by atoms with E-state index < -0.39 is 29.8 Å². The Hall–Kier alpha value is -1.72. The normalized spacial score (nSPS) is 21.1. The van der Waals surface area contributed by atoms with Gasteiger partial charge in [-0.05, 0) is 90.9 Å². The SMILES string of the molecule is CC(c1ccc2c(c1NC(=O)NS(=O)(=N[Si](C)(C)C(C)(C)C)c1ccc(C3(O)COC3)s1)CCC2)C1CC1. The first-order valence-electron chi connectivity index (χ1n) is 13.6. The zero-order chi connectivity index (χ0) is 27.5. The topological polar surface area (TPSA) is 100 Å². The fourth-order valence-electron chi connectivity index (χ4n) is 5.06. The van der Waals surface area contributed by atoms with E-state index in [4.69, 9.17) is 8.77 Å². The number of thiophene rings is 1. The standard InChI is InChI=1S/C28H41N3O4S2Si/c1-18(19-10-11-19)21-13-12-20-8-7-9-22(20)25(21)29-26(32)30-37(34,31-38(5,6)27(2,3)4)24-15-14-23(36-24)28(33)16-35-17-28/h12-15,18-19,33H,7-11,16-17H2,1-6H3,(H2,29,30,31,32,34). The van der Waals surface area contributed by atoms with Gasteiger partial charge in [-0.1, -0.05) is 39.8 Å². The molecule has 5 rings (SSSR count). The van der Waals surface area contributed by atoms with Gasteiger partial charge in [-0.3, -0.25) is 4.03 Å². The first-order chi connectivity index (χ1) is 17.7. The van der Waals surface area contributed by atoms with E-state index >= 15 is 0 Å². The van der Waals surface area contributed by atoms with E-state index in [1.807, 2.05) is 0 Å². The molecule has 2 atom stereocenters. The molecule has 2 aliphatic carbocycles. The summed E-state index contributed by atoms with van der Waals surface area (Å²) in [5.41, 5.74) is 3.49. The van der Waals surface area contributed by atoms with Crippen molar-refractivity contribution in [2.24, 2.45) is 9.95 Å². The highest BCUT2D eigenvalue weighted by atomic mass is 32.2. The molecule has 1 saturated heterocycles. The largest absolute Gasteiger partial charge is 0.379 e. The molecule has 2 aromatic rings. The maximum atomic E-state index is 14.7. The Morgan fingerprint density at radius 2 is 1.92 bits per heavy atom. The van der Waals surface area contributed by atoms with Crippen LogP contribution in [0.4, 0.5) is 10.5 Å². The number of anilines is 1. The molecular formula is C28H41N3O4S2Si. The van der Waals surface area contributed by atoms with Crippen molar-refractivity contribution in [3.05, 3.63) is 45.8 Å². The summed E-state index contributed by atoms with van der Waals surface area (Å²) in [6.45, 7) is 13.1. The number of fused-ring (bicyclic) bond motifs is 1. The Kier molecular flexibility index (Phi) is 7.12. The van der Waals surface area contributed by atoms with Crippen molar-refractivity contribution < 1.29 is 18.8 Å². The van der Waals surface area contributed by atoms with Crippen LogP contribution in [-0.4, -0.2) is 36.8 Å². The summed E-state index contributed by atoms with van der Waals surface area (Å²) in [5.74, 6) is 1.02. The van der Waals surface area contributed by atoms with E-state index in [-0.39, 0.29) is 18.3 Å². The molecule has 2 unspecified atom stereocenters. The van der Waals surface area contributed by atoms with E-state index in [0.29, 0.717) is 20.9 Å². The molecule has 1 saturated carbocycles. The number of hydrogen-bond donors (Lipinski definition) is 3. The Morgan fingerprint density at radius 1 is 1.21 bits per heavy atom. The van der Waals surface area contributed by atoms with Gasteiger partial charge in [0.05, 0.1) is 13.2 Å². The van der Waals surface area contributed by atoms with Gasteiger partial charge in [0.1, 0.15) is 9.81 Å².